The van der Waals surface area contributed by atoms with Crippen molar-refractivity contribution in [2.45, 2.75) is 18.7 Å². The Bertz CT molecular complexity index is 557. The van der Waals surface area contributed by atoms with Gasteiger partial charge >= 0.3 is 5.97 Å². The third-order valence-corrected chi connectivity index (χ3v) is 4.35. The van der Waals surface area contributed by atoms with E-state index in [0.717, 1.165) is 0 Å². The summed E-state index contributed by atoms with van der Waals surface area (Å²) in [6.07, 6.45) is 0. The summed E-state index contributed by atoms with van der Waals surface area (Å²) in [5.41, 5.74) is 0.487. The molecule has 0 aliphatic heterocycles. The van der Waals surface area contributed by atoms with Gasteiger partial charge < -0.3 is 9.64 Å². The van der Waals surface area contributed by atoms with E-state index in [9.17, 15) is 13.2 Å². The molecule has 1 N–H and O–H groups in total. The van der Waals surface area contributed by atoms with Crippen molar-refractivity contribution in [2.24, 2.45) is 0 Å². The van der Waals surface area contributed by atoms with Gasteiger partial charge in [0.2, 0.25) is 10.0 Å². The highest BCUT2D eigenvalue weighted by Crippen LogP contribution is 2.24. The summed E-state index contributed by atoms with van der Waals surface area (Å²) in [5, 5.41) is 0. The molecule has 0 bridgehead atoms. The van der Waals surface area contributed by atoms with E-state index in [4.69, 9.17) is 0 Å². The summed E-state index contributed by atoms with van der Waals surface area (Å²) >= 11 is 0. The average Bonchev–Trinajstić information content (AvgIpc) is 2.44. The van der Waals surface area contributed by atoms with Crippen molar-refractivity contribution in [2.75, 3.05) is 31.6 Å². The highest BCUT2D eigenvalue weighted by Gasteiger charge is 2.21. The molecule has 1 aromatic carbocycles. The predicted octanol–water partition coefficient (Wildman–Crippen LogP) is 0.984. The lowest BCUT2D eigenvalue weighted by Crippen LogP contribution is -2.33. The van der Waals surface area contributed by atoms with Gasteiger partial charge in [-0.05, 0) is 19.1 Å². The number of rotatable bonds is 7. The van der Waals surface area contributed by atoms with Crippen LogP contribution in [-0.4, -0.2) is 41.1 Å². The summed E-state index contributed by atoms with van der Waals surface area (Å²) in [5.74, 6) is -0.414. The maximum Gasteiger partial charge on any atom is 0.325 e. The average molecular weight is 300 g/mol. The SMILES string of the molecule is CCNS(=O)(=O)c1ccccc1N(CC)CC(=O)OC. The lowest BCUT2D eigenvalue weighted by molar-refractivity contribution is -0.138. The first kappa shape index (κ1) is 16.5. The number of carbonyl (C=O) groups excluding carboxylic acids is 1. The summed E-state index contributed by atoms with van der Waals surface area (Å²) in [7, 11) is -2.28. The van der Waals surface area contributed by atoms with E-state index in [1.54, 1.807) is 30.0 Å². The van der Waals surface area contributed by atoms with Gasteiger partial charge in [0.05, 0.1) is 12.8 Å². The summed E-state index contributed by atoms with van der Waals surface area (Å²) in [6, 6.07) is 6.59. The molecule has 20 heavy (non-hydrogen) atoms. The van der Waals surface area contributed by atoms with E-state index >= 15 is 0 Å². The molecule has 0 heterocycles. The van der Waals surface area contributed by atoms with Gasteiger partial charge in [0.1, 0.15) is 11.4 Å². The fourth-order valence-corrected chi connectivity index (χ4v) is 3.07. The summed E-state index contributed by atoms with van der Waals surface area (Å²) in [6.45, 7) is 4.37. The van der Waals surface area contributed by atoms with Crippen LogP contribution in [-0.2, 0) is 19.6 Å². The minimum atomic E-state index is -3.58. The van der Waals surface area contributed by atoms with Crippen molar-refractivity contribution in [3.63, 3.8) is 0 Å². The standard InChI is InChI=1S/C13H20N2O4S/c1-4-14-20(17,18)12-9-7-6-8-11(12)15(5-2)10-13(16)19-3/h6-9,14H,4-5,10H2,1-3H3. The smallest absolute Gasteiger partial charge is 0.325 e. The molecule has 0 fully saturated rings. The second kappa shape index (κ2) is 7.25. The number of nitrogens with one attached hydrogen (secondary N) is 1. The molecule has 0 saturated carbocycles. The van der Waals surface area contributed by atoms with Crippen LogP contribution in [0.2, 0.25) is 0 Å². The summed E-state index contributed by atoms with van der Waals surface area (Å²) in [4.78, 5) is 13.2. The van der Waals surface area contributed by atoms with Crippen LogP contribution in [0.25, 0.3) is 0 Å². The third kappa shape index (κ3) is 3.94. The Kier molecular flexibility index (Phi) is 5.97. The second-order valence-corrected chi connectivity index (χ2v) is 5.79. The van der Waals surface area contributed by atoms with Crippen LogP contribution in [0.3, 0.4) is 0 Å². The van der Waals surface area contributed by atoms with E-state index in [1.165, 1.54) is 13.2 Å². The number of hydrogen-bond acceptors (Lipinski definition) is 5. The number of sulfonamides is 1. The zero-order chi connectivity index (χ0) is 15.2. The Hall–Kier alpha value is -1.60. The van der Waals surface area contributed by atoms with Gasteiger partial charge in [0, 0.05) is 13.1 Å². The van der Waals surface area contributed by atoms with E-state index in [2.05, 4.69) is 9.46 Å². The normalized spacial score (nSPS) is 11.2. The van der Waals surface area contributed by atoms with Gasteiger partial charge in [-0.25, -0.2) is 13.1 Å². The Morgan fingerprint density at radius 3 is 2.50 bits per heavy atom. The molecule has 1 aromatic rings. The minimum absolute atomic E-state index is 0.00561. The molecule has 0 radical (unpaired) electrons. The van der Waals surface area contributed by atoms with Gasteiger partial charge in [-0.15, -0.1) is 0 Å². The van der Waals surface area contributed by atoms with Crippen molar-refractivity contribution in [1.82, 2.24) is 4.72 Å². The van der Waals surface area contributed by atoms with Gasteiger partial charge in [-0.3, -0.25) is 4.79 Å². The van der Waals surface area contributed by atoms with Gasteiger partial charge in [0.25, 0.3) is 0 Å². The van der Waals surface area contributed by atoms with Crippen molar-refractivity contribution in [3.05, 3.63) is 24.3 Å². The Morgan fingerprint density at radius 1 is 1.30 bits per heavy atom. The number of carbonyl (C=O) groups is 1. The second-order valence-electron chi connectivity index (χ2n) is 4.06. The van der Waals surface area contributed by atoms with Crippen LogP contribution in [0.1, 0.15) is 13.8 Å². The molecule has 0 aliphatic carbocycles. The molecule has 6 nitrogen and oxygen atoms in total. The van der Waals surface area contributed by atoms with Crippen LogP contribution in [0.15, 0.2) is 29.2 Å². The highest BCUT2D eigenvalue weighted by molar-refractivity contribution is 7.89. The van der Waals surface area contributed by atoms with Crippen LogP contribution in [0, 0.1) is 0 Å². The van der Waals surface area contributed by atoms with Crippen LogP contribution < -0.4 is 9.62 Å². The Morgan fingerprint density at radius 2 is 1.95 bits per heavy atom. The molecule has 0 unspecified atom stereocenters. The molecule has 112 valence electrons. The lowest BCUT2D eigenvalue weighted by Gasteiger charge is -2.24. The third-order valence-electron chi connectivity index (χ3n) is 2.76. The highest BCUT2D eigenvalue weighted by atomic mass is 32.2. The lowest BCUT2D eigenvalue weighted by atomic mass is 10.3. The monoisotopic (exact) mass is 300 g/mol. The number of benzene rings is 1. The van der Waals surface area contributed by atoms with E-state index in [1.807, 2.05) is 6.92 Å². The molecule has 0 saturated heterocycles. The molecular formula is C13H20N2O4S. The van der Waals surface area contributed by atoms with E-state index < -0.39 is 16.0 Å². The number of ether oxygens (including phenoxy) is 1. The first-order valence-electron chi connectivity index (χ1n) is 6.36. The van der Waals surface area contributed by atoms with Crippen molar-refractivity contribution < 1.29 is 17.9 Å². The quantitative estimate of drug-likeness (QED) is 0.760. The number of para-hydroxylation sites is 1. The molecule has 0 aromatic heterocycles. The van der Waals surface area contributed by atoms with Crippen LogP contribution in [0.4, 0.5) is 5.69 Å². The minimum Gasteiger partial charge on any atom is -0.468 e. The van der Waals surface area contributed by atoms with Gasteiger partial charge in [-0.2, -0.15) is 0 Å². The zero-order valence-corrected chi connectivity index (χ0v) is 12.7. The Labute approximate surface area is 119 Å². The number of methoxy groups -OCH3 is 1. The van der Waals surface area contributed by atoms with E-state index in [0.29, 0.717) is 18.8 Å². The molecule has 0 amide bonds. The number of anilines is 1. The molecule has 7 heteroatoms. The molecule has 1 rings (SSSR count). The number of hydrogen-bond donors (Lipinski definition) is 1. The van der Waals surface area contributed by atoms with Crippen molar-refractivity contribution in [3.8, 4) is 0 Å². The molecular weight excluding hydrogens is 280 g/mol. The first-order chi connectivity index (χ1) is 9.46. The predicted molar refractivity (Wildman–Crippen MR) is 77.2 cm³/mol. The van der Waals surface area contributed by atoms with Gasteiger partial charge in [-0.1, -0.05) is 19.1 Å². The fraction of sp³-hybridized carbons (Fsp3) is 0.462. The maximum absolute atomic E-state index is 12.2. The van der Waals surface area contributed by atoms with Crippen molar-refractivity contribution in [1.29, 1.82) is 0 Å². The van der Waals surface area contributed by atoms with Gasteiger partial charge in [0.15, 0.2) is 0 Å². The molecule has 0 atom stereocenters. The van der Waals surface area contributed by atoms with E-state index in [-0.39, 0.29) is 11.4 Å². The first-order valence-corrected chi connectivity index (χ1v) is 7.85. The Balaban J connectivity index is 3.20. The number of nitrogens with zero attached hydrogens (tertiary/aromatic N) is 1. The largest absolute Gasteiger partial charge is 0.468 e. The van der Waals surface area contributed by atoms with Crippen LogP contribution in [0.5, 0.6) is 0 Å². The fourth-order valence-electron chi connectivity index (χ4n) is 1.80. The topological polar surface area (TPSA) is 75.7 Å². The maximum atomic E-state index is 12.2. The number of esters is 1. The molecule has 0 aliphatic rings. The van der Waals surface area contributed by atoms with Crippen LogP contribution >= 0.6 is 0 Å². The number of likely N-dealkylation sites (N-methyl/N-ethyl adjacent to an activating group) is 1. The summed E-state index contributed by atoms with van der Waals surface area (Å²) < 4.78 is 31.4. The van der Waals surface area contributed by atoms with Crippen molar-refractivity contribution >= 4 is 21.7 Å². The zero-order valence-electron chi connectivity index (χ0n) is 11.9. The molecule has 0 spiro atoms.